The van der Waals surface area contributed by atoms with Crippen LogP contribution < -0.4 is 5.32 Å². The highest BCUT2D eigenvalue weighted by atomic mass is 32.2. The van der Waals surface area contributed by atoms with Crippen LogP contribution in [0.3, 0.4) is 0 Å². The third kappa shape index (κ3) is 1.77. The van der Waals surface area contributed by atoms with E-state index in [-0.39, 0.29) is 5.54 Å². The fourth-order valence-electron chi connectivity index (χ4n) is 2.07. The van der Waals surface area contributed by atoms with Crippen LogP contribution in [0.5, 0.6) is 0 Å². The monoisotopic (exact) mass is 214 g/mol. The number of hydrogen-bond donors (Lipinski definition) is 1. The molecule has 2 fully saturated rings. The van der Waals surface area contributed by atoms with E-state index < -0.39 is 0 Å². The van der Waals surface area contributed by atoms with E-state index in [0.29, 0.717) is 11.8 Å². The Bertz CT molecular complexity index is 240. The Morgan fingerprint density at radius 2 is 2.36 bits per heavy atom. The van der Waals surface area contributed by atoms with Gasteiger partial charge in [-0.25, -0.2) is 0 Å². The van der Waals surface area contributed by atoms with Crippen LogP contribution in [0.15, 0.2) is 0 Å². The van der Waals surface area contributed by atoms with E-state index in [9.17, 15) is 4.79 Å². The van der Waals surface area contributed by atoms with Crippen molar-refractivity contribution in [3.63, 3.8) is 0 Å². The van der Waals surface area contributed by atoms with E-state index in [1.54, 1.807) is 0 Å². The predicted octanol–water partition coefficient (Wildman–Crippen LogP) is 0.907. The second kappa shape index (κ2) is 3.74. The normalized spacial score (nSPS) is 25.9. The first-order valence-electron chi connectivity index (χ1n) is 5.21. The van der Waals surface area contributed by atoms with Crippen LogP contribution in [0, 0.1) is 5.92 Å². The van der Waals surface area contributed by atoms with Crippen molar-refractivity contribution < 1.29 is 4.79 Å². The van der Waals surface area contributed by atoms with Crippen molar-refractivity contribution in [2.75, 3.05) is 25.2 Å². The fourth-order valence-corrected chi connectivity index (χ4v) is 2.75. The molecule has 1 aliphatic carbocycles. The van der Waals surface area contributed by atoms with Gasteiger partial charge in [0, 0.05) is 6.54 Å². The highest BCUT2D eigenvalue weighted by molar-refractivity contribution is 7.98. The van der Waals surface area contributed by atoms with Gasteiger partial charge in [-0.05, 0) is 30.8 Å². The van der Waals surface area contributed by atoms with E-state index in [1.165, 1.54) is 0 Å². The first-order valence-corrected chi connectivity index (χ1v) is 6.61. The molecule has 1 unspecified atom stereocenters. The van der Waals surface area contributed by atoms with Gasteiger partial charge in [0.25, 0.3) is 0 Å². The highest BCUT2D eigenvalue weighted by Gasteiger charge is 2.55. The van der Waals surface area contributed by atoms with E-state index >= 15 is 0 Å². The zero-order valence-corrected chi connectivity index (χ0v) is 9.69. The molecule has 3 nitrogen and oxygen atoms in total. The van der Waals surface area contributed by atoms with Crippen molar-refractivity contribution in [2.24, 2.45) is 5.92 Å². The smallest absolute Gasteiger partial charge is 0.243 e. The summed E-state index contributed by atoms with van der Waals surface area (Å²) in [7, 11) is 0. The van der Waals surface area contributed by atoms with Gasteiger partial charge in [0.05, 0.1) is 12.2 Å². The first-order chi connectivity index (χ1) is 6.68. The Labute approximate surface area is 89.6 Å². The maximum Gasteiger partial charge on any atom is 0.243 e. The van der Waals surface area contributed by atoms with Crippen LogP contribution >= 0.6 is 11.8 Å². The molecule has 1 saturated carbocycles. The molecule has 1 spiro atoms. The SMILES string of the molecule is CSCC(C)CN1CNC2(CC2)C1=O. The number of carbonyl (C=O) groups is 1. The average Bonchev–Trinajstić information content (AvgIpc) is 2.86. The molecule has 2 aliphatic rings. The summed E-state index contributed by atoms with van der Waals surface area (Å²) in [6.45, 7) is 3.88. The molecule has 14 heavy (non-hydrogen) atoms. The number of carbonyl (C=O) groups excluding carboxylic acids is 1. The van der Waals surface area contributed by atoms with Crippen LogP contribution in [-0.4, -0.2) is 41.6 Å². The molecule has 1 heterocycles. The zero-order valence-electron chi connectivity index (χ0n) is 8.88. The number of amides is 1. The molecule has 0 aromatic heterocycles. The highest BCUT2D eigenvalue weighted by Crippen LogP contribution is 2.40. The summed E-state index contributed by atoms with van der Waals surface area (Å²) in [6, 6.07) is 0. The number of hydrogen-bond acceptors (Lipinski definition) is 3. The second-order valence-electron chi connectivity index (χ2n) is 4.51. The van der Waals surface area contributed by atoms with Gasteiger partial charge in [-0.3, -0.25) is 10.1 Å². The zero-order chi connectivity index (χ0) is 10.2. The Balaban J connectivity index is 1.85. The van der Waals surface area contributed by atoms with Gasteiger partial charge in [-0.15, -0.1) is 0 Å². The molecule has 4 heteroatoms. The lowest BCUT2D eigenvalue weighted by atomic mass is 10.2. The summed E-state index contributed by atoms with van der Waals surface area (Å²) in [5.74, 6) is 2.08. The van der Waals surface area contributed by atoms with Crippen LogP contribution in [-0.2, 0) is 4.79 Å². The Morgan fingerprint density at radius 1 is 1.64 bits per heavy atom. The van der Waals surface area contributed by atoms with Crippen molar-refractivity contribution in [1.29, 1.82) is 0 Å². The summed E-state index contributed by atoms with van der Waals surface area (Å²) in [5.41, 5.74) is -0.112. The van der Waals surface area contributed by atoms with E-state index in [1.807, 2.05) is 16.7 Å². The molecule has 1 aliphatic heterocycles. The van der Waals surface area contributed by atoms with Gasteiger partial charge in [0.1, 0.15) is 0 Å². The first kappa shape index (κ1) is 10.3. The molecule has 1 atom stereocenters. The number of rotatable bonds is 4. The van der Waals surface area contributed by atoms with Gasteiger partial charge in [-0.1, -0.05) is 6.92 Å². The summed E-state index contributed by atoms with van der Waals surface area (Å²) in [4.78, 5) is 13.9. The van der Waals surface area contributed by atoms with Crippen molar-refractivity contribution in [1.82, 2.24) is 10.2 Å². The molecule has 0 aromatic carbocycles. The molecule has 80 valence electrons. The topological polar surface area (TPSA) is 32.3 Å². The summed E-state index contributed by atoms with van der Waals surface area (Å²) >= 11 is 1.85. The quantitative estimate of drug-likeness (QED) is 0.755. The van der Waals surface area contributed by atoms with Crippen molar-refractivity contribution in [3.05, 3.63) is 0 Å². The minimum absolute atomic E-state index is 0.112. The average molecular weight is 214 g/mol. The maximum absolute atomic E-state index is 11.9. The third-order valence-corrected chi connectivity index (χ3v) is 3.94. The second-order valence-corrected chi connectivity index (χ2v) is 5.42. The minimum Gasteiger partial charge on any atom is -0.328 e. The van der Waals surface area contributed by atoms with Crippen LogP contribution in [0.4, 0.5) is 0 Å². The van der Waals surface area contributed by atoms with Crippen LogP contribution in [0.1, 0.15) is 19.8 Å². The molecule has 2 rings (SSSR count). The minimum atomic E-state index is -0.112. The number of nitrogens with one attached hydrogen (secondary N) is 1. The lowest BCUT2D eigenvalue weighted by molar-refractivity contribution is -0.130. The third-order valence-electron chi connectivity index (χ3n) is 3.04. The molecule has 0 bridgehead atoms. The molecule has 1 N–H and O–H groups in total. The summed E-state index contributed by atoms with van der Waals surface area (Å²) in [5, 5.41) is 3.32. The van der Waals surface area contributed by atoms with Crippen LogP contribution in [0.2, 0.25) is 0 Å². The molecule has 0 radical (unpaired) electrons. The van der Waals surface area contributed by atoms with Crippen LogP contribution in [0.25, 0.3) is 0 Å². The lowest BCUT2D eigenvalue weighted by Crippen LogP contribution is -2.34. The van der Waals surface area contributed by atoms with Gasteiger partial charge in [0.15, 0.2) is 0 Å². The number of thioether (sulfide) groups is 1. The Hall–Kier alpha value is -0.220. The standard InChI is InChI=1S/C10H18N2OS/c1-8(6-14-2)5-12-7-11-10(3-4-10)9(12)13/h8,11H,3-7H2,1-2H3. The van der Waals surface area contributed by atoms with Gasteiger partial charge in [0.2, 0.25) is 5.91 Å². The largest absolute Gasteiger partial charge is 0.328 e. The van der Waals surface area contributed by atoms with E-state index in [0.717, 1.165) is 31.8 Å². The van der Waals surface area contributed by atoms with Crippen molar-refractivity contribution in [2.45, 2.75) is 25.3 Å². The van der Waals surface area contributed by atoms with E-state index in [4.69, 9.17) is 0 Å². The Morgan fingerprint density at radius 3 is 2.86 bits per heavy atom. The molecular weight excluding hydrogens is 196 g/mol. The molecule has 0 aromatic rings. The summed E-state index contributed by atoms with van der Waals surface area (Å²) in [6.07, 6.45) is 4.20. The molecule has 1 saturated heterocycles. The van der Waals surface area contributed by atoms with Gasteiger partial charge >= 0.3 is 0 Å². The van der Waals surface area contributed by atoms with Crippen molar-refractivity contribution in [3.8, 4) is 0 Å². The molecular formula is C10H18N2OS. The van der Waals surface area contributed by atoms with E-state index in [2.05, 4.69) is 18.5 Å². The maximum atomic E-state index is 11.9. The predicted molar refractivity (Wildman–Crippen MR) is 59.2 cm³/mol. The summed E-state index contributed by atoms with van der Waals surface area (Å²) < 4.78 is 0. The van der Waals surface area contributed by atoms with Gasteiger partial charge < -0.3 is 4.90 Å². The lowest BCUT2D eigenvalue weighted by Gasteiger charge is -2.19. The Kier molecular flexibility index (Phi) is 2.75. The van der Waals surface area contributed by atoms with Gasteiger partial charge in [-0.2, -0.15) is 11.8 Å². The number of nitrogens with zero attached hydrogens (tertiary/aromatic N) is 1. The fraction of sp³-hybridized carbons (Fsp3) is 0.900. The van der Waals surface area contributed by atoms with Crippen molar-refractivity contribution >= 4 is 17.7 Å². The molecule has 1 amide bonds.